The Hall–Kier alpha value is -1.25. The van der Waals surface area contributed by atoms with Gasteiger partial charge in [0.15, 0.2) is 0 Å². The van der Waals surface area contributed by atoms with Gasteiger partial charge in [-0.15, -0.1) is 0 Å². The molecule has 0 saturated carbocycles. The van der Waals surface area contributed by atoms with Crippen LogP contribution in [0.5, 0.6) is 0 Å². The molecule has 0 heterocycles. The molecule has 2 aromatic rings. The van der Waals surface area contributed by atoms with Crippen molar-refractivity contribution in [3.8, 4) is 0 Å². The molecular formula is C14H12Cl2FN. The van der Waals surface area contributed by atoms with E-state index in [1.807, 2.05) is 13.0 Å². The Morgan fingerprint density at radius 2 is 1.89 bits per heavy atom. The number of hydrogen-bond acceptors (Lipinski definition) is 1. The maximum absolute atomic E-state index is 13.4. The second-order valence-electron chi connectivity index (χ2n) is 4.20. The molecule has 0 aromatic heterocycles. The summed E-state index contributed by atoms with van der Waals surface area (Å²) >= 11 is 11.6. The lowest BCUT2D eigenvalue weighted by molar-refractivity contribution is 0.626. The van der Waals surface area contributed by atoms with Gasteiger partial charge in [0.25, 0.3) is 0 Å². The molecule has 94 valence electrons. The zero-order chi connectivity index (χ0) is 13.3. The predicted molar refractivity (Wildman–Crippen MR) is 74.8 cm³/mol. The van der Waals surface area contributed by atoms with E-state index in [4.69, 9.17) is 28.9 Å². The Balaban J connectivity index is 2.36. The molecule has 18 heavy (non-hydrogen) atoms. The Morgan fingerprint density at radius 1 is 1.17 bits per heavy atom. The van der Waals surface area contributed by atoms with E-state index < -0.39 is 5.82 Å². The number of anilines is 1. The SMILES string of the molecule is Cc1c(N)cc(Cl)cc1Cc1ccc(Cl)c(F)c1. The molecule has 2 N–H and O–H groups in total. The first-order valence-corrected chi connectivity index (χ1v) is 6.21. The molecule has 0 aliphatic rings. The average Bonchev–Trinajstić information content (AvgIpc) is 2.30. The third-order valence-electron chi connectivity index (χ3n) is 2.90. The molecule has 0 fully saturated rings. The van der Waals surface area contributed by atoms with Crippen LogP contribution in [-0.4, -0.2) is 0 Å². The fraction of sp³-hybridized carbons (Fsp3) is 0.143. The van der Waals surface area contributed by atoms with Crippen molar-refractivity contribution in [3.63, 3.8) is 0 Å². The first kappa shape index (κ1) is 13.2. The molecule has 4 heteroatoms. The molecule has 0 aliphatic carbocycles. The van der Waals surface area contributed by atoms with Crippen molar-refractivity contribution in [2.75, 3.05) is 5.73 Å². The molecule has 0 aliphatic heterocycles. The minimum atomic E-state index is -0.415. The van der Waals surface area contributed by atoms with Gasteiger partial charge >= 0.3 is 0 Å². The van der Waals surface area contributed by atoms with Crippen LogP contribution in [0.1, 0.15) is 16.7 Å². The van der Waals surface area contributed by atoms with E-state index >= 15 is 0 Å². The first-order valence-electron chi connectivity index (χ1n) is 5.46. The summed E-state index contributed by atoms with van der Waals surface area (Å²) in [6.07, 6.45) is 0.574. The zero-order valence-electron chi connectivity index (χ0n) is 9.81. The summed E-state index contributed by atoms with van der Waals surface area (Å²) in [5.74, 6) is -0.415. The van der Waals surface area contributed by atoms with Gasteiger partial charge in [-0.3, -0.25) is 0 Å². The minimum Gasteiger partial charge on any atom is -0.398 e. The largest absolute Gasteiger partial charge is 0.398 e. The highest BCUT2D eigenvalue weighted by Crippen LogP contribution is 2.25. The highest BCUT2D eigenvalue weighted by molar-refractivity contribution is 6.31. The van der Waals surface area contributed by atoms with Gasteiger partial charge in [0.05, 0.1) is 5.02 Å². The van der Waals surface area contributed by atoms with Gasteiger partial charge in [-0.25, -0.2) is 4.39 Å². The molecule has 0 spiro atoms. The molecule has 0 amide bonds. The Bertz CT molecular complexity index is 597. The quantitative estimate of drug-likeness (QED) is 0.800. The summed E-state index contributed by atoms with van der Waals surface area (Å²) < 4.78 is 13.4. The van der Waals surface area contributed by atoms with Crippen molar-refractivity contribution in [1.82, 2.24) is 0 Å². The smallest absolute Gasteiger partial charge is 0.142 e. The van der Waals surface area contributed by atoms with Gasteiger partial charge in [0.2, 0.25) is 0 Å². The van der Waals surface area contributed by atoms with E-state index in [0.29, 0.717) is 17.1 Å². The van der Waals surface area contributed by atoms with Gasteiger partial charge in [-0.1, -0.05) is 29.3 Å². The summed E-state index contributed by atoms with van der Waals surface area (Å²) in [6, 6.07) is 8.33. The van der Waals surface area contributed by atoms with Crippen molar-refractivity contribution < 1.29 is 4.39 Å². The van der Waals surface area contributed by atoms with E-state index in [1.165, 1.54) is 6.07 Å². The summed E-state index contributed by atoms with van der Waals surface area (Å²) in [4.78, 5) is 0. The van der Waals surface area contributed by atoms with Gasteiger partial charge in [-0.2, -0.15) is 0 Å². The second kappa shape index (κ2) is 5.17. The van der Waals surface area contributed by atoms with Crippen LogP contribution in [0.15, 0.2) is 30.3 Å². The van der Waals surface area contributed by atoms with Crippen LogP contribution in [0.4, 0.5) is 10.1 Å². The zero-order valence-corrected chi connectivity index (χ0v) is 11.3. The molecule has 0 radical (unpaired) electrons. The lowest BCUT2D eigenvalue weighted by Gasteiger charge is -2.10. The summed E-state index contributed by atoms with van der Waals surface area (Å²) in [7, 11) is 0. The van der Waals surface area contributed by atoms with E-state index in [1.54, 1.807) is 18.2 Å². The third kappa shape index (κ3) is 2.77. The fourth-order valence-electron chi connectivity index (χ4n) is 1.81. The molecule has 1 nitrogen and oxygen atoms in total. The van der Waals surface area contributed by atoms with E-state index in [0.717, 1.165) is 16.7 Å². The fourth-order valence-corrected chi connectivity index (χ4v) is 2.18. The van der Waals surface area contributed by atoms with Crippen molar-refractivity contribution in [2.45, 2.75) is 13.3 Å². The number of benzene rings is 2. The molecule has 0 saturated heterocycles. The lowest BCUT2D eigenvalue weighted by atomic mass is 9.99. The van der Waals surface area contributed by atoms with Crippen molar-refractivity contribution in [1.29, 1.82) is 0 Å². The summed E-state index contributed by atoms with van der Waals surface area (Å²) in [5.41, 5.74) is 9.28. The molecule has 0 unspecified atom stereocenters. The van der Waals surface area contributed by atoms with Crippen LogP contribution in [0, 0.1) is 12.7 Å². The second-order valence-corrected chi connectivity index (χ2v) is 5.05. The highest BCUT2D eigenvalue weighted by Gasteiger charge is 2.07. The molecular weight excluding hydrogens is 272 g/mol. The van der Waals surface area contributed by atoms with Crippen LogP contribution in [-0.2, 0) is 6.42 Å². The third-order valence-corrected chi connectivity index (χ3v) is 3.42. The standard InChI is InChI=1S/C14H12Cl2FN/c1-8-10(6-11(15)7-14(8)18)4-9-2-3-12(16)13(17)5-9/h2-3,5-7H,4,18H2,1H3. The van der Waals surface area contributed by atoms with Crippen molar-refractivity contribution in [2.24, 2.45) is 0 Å². The lowest BCUT2D eigenvalue weighted by Crippen LogP contribution is -1.97. The van der Waals surface area contributed by atoms with Crippen LogP contribution < -0.4 is 5.73 Å². The van der Waals surface area contributed by atoms with Gasteiger partial charge in [0.1, 0.15) is 5.82 Å². The van der Waals surface area contributed by atoms with Crippen LogP contribution >= 0.6 is 23.2 Å². The maximum atomic E-state index is 13.4. The minimum absolute atomic E-state index is 0.126. The average molecular weight is 284 g/mol. The van der Waals surface area contributed by atoms with Gasteiger partial charge < -0.3 is 5.73 Å². The van der Waals surface area contributed by atoms with Crippen molar-refractivity contribution >= 4 is 28.9 Å². The number of hydrogen-bond donors (Lipinski definition) is 1. The van der Waals surface area contributed by atoms with Gasteiger partial charge in [0, 0.05) is 10.7 Å². The number of rotatable bonds is 2. The maximum Gasteiger partial charge on any atom is 0.142 e. The van der Waals surface area contributed by atoms with Crippen LogP contribution in [0.2, 0.25) is 10.0 Å². The number of nitrogen functional groups attached to an aromatic ring is 1. The monoisotopic (exact) mass is 283 g/mol. The summed E-state index contributed by atoms with van der Waals surface area (Å²) in [5, 5.41) is 0.712. The summed E-state index contributed by atoms with van der Waals surface area (Å²) in [6.45, 7) is 1.92. The topological polar surface area (TPSA) is 26.0 Å². The highest BCUT2D eigenvalue weighted by atomic mass is 35.5. The predicted octanol–water partition coefficient (Wildman–Crippen LogP) is 4.61. The Labute approximate surface area is 115 Å². The van der Waals surface area contributed by atoms with E-state index in [2.05, 4.69) is 0 Å². The molecule has 0 atom stereocenters. The first-order chi connectivity index (χ1) is 8.47. The van der Waals surface area contributed by atoms with Crippen LogP contribution in [0.25, 0.3) is 0 Å². The molecule has 0 bridgehead atoms. The number of halogens is 3. The number of nitrogens with two attached hydrogens (primary N) is 1. The van der Waals surface area contributed by atoms with Crippen LogP contribution in [0.3, 0.4) is 0 Å². The van der Waals surface area contributed by atoms with Crippen molar-refractivity contribution in [3.05, 3.63) is 62.9 Å². The van der Waals surface area contributed by atoms with Gasteiger partial charge in [-0.05, 0) is 54.3 Å². The normalized spacial score (nSPS) is 10.7. The van der Waals surface area contributed by atoms with E-state index in [9.17, 15) is 4.39 Å². The Morgan fingerprint density at radius 3 is 2.56 bits per heavy atom. The molecule has 2 rings (SSSR count). The Kier molecular flexibility index (Phi) is 3.79. The van der Waals surface area contributed by atoms with E-state index in [-0.39, 0.29) is 5.02 Å². The molecule has 2 aromatic carbocycles.